The van der Waals surface area contributed by atoms with Gasteiger partial charge in [-0.25, -0.2) is 0 Å². The molecule has 1 heterocycles. The van der Waals surface area contributed by atoms with E-state index in [1.807, 2.05) is 42.5 Å². The summed E-state index contributed by atoms with van der Waals surface area (Å²) in [6, 6.07) is 18.1. The van der Waals surface area contributed by atoms with E-state index in [0.717, 1.165) is 11.4 Å². The number of benzene rings is 2. The first-order valence-electron chi connectivity index (χ1n) is 6.99. The summed E-state index contributed by atoms with van der Waals surface area (Å²) < 4.78 is 5.00. The van der Waals surface area contributed by atoms with Crippen molar-refractivity contribution in [2.75, 3.05) is 30.5 Å². The molecule has 1 unspecified atom stereocenters. The molecule has 0 aliphatic carbocycles. The first kappa shape index (κ1) is 13.6. The fourth-order valence-corrected chi connectivity index (χ4v) is 2.66. The number of carbonyl (C=O) groups is 1. The number of para-hydroxylation sites is 2. The van der Waals surface area contributed by atoms with E-state index in [9.17, 15) is 4.79 Å². The molecule has 1 atom stereocenters. The fourth-order valence-electron chi connectivity index (χ4n) is 2.66. The van der Waals surface area contributed by atoms with Gasteiger partial charge in [0.15, 0.2) is 0 Å². The van der Waals surface area contributed by atoms with Gasteiger partial charge < -0.3 is 15.0 Å². The maximum absolute atomic E-state index is 12.3. The maximum atomic E-state index is 12.3. The third-order valence-electron chi connectivity index (χ3n) is 3.66. The van der Waals surface area contributed by atoms with Crippen molar-refractivity contribution in [2.24, 2.45) is 0 Å². The van der Waals surface area contributed by atoms with Crippen molar-refractivity contribution in [3.05, 3.63) is 60.2 Å². The molecule has 0 fully saturated rings. The van der Waals surface area contributed by atoms with Crippen LogP contribution in [0.1, 0.15) is 11.6 Å². The number of hydrogen-bond donors (Lipinski definition) is 1. The van der Waals surface area contributed by atoms with Crippen molar-refractivity contribution in [1.82, 2.24) is 0 Å². The summed E-state index contributed by atoms with van der Waals surface area (Å²) in [5.74, 6) is -0.0209. The number of nitrogens with one attached hydrogen (secondary N) is 1. The number of methoxy groups -OCH3 is 1. The molecule has 0 saturated carbocycles. The highest BCUT2D eigenvalue weighted by Crippen LogP contribution is 2.35. The van der Waals surface area contributed by atoms with Gasteiger partial charge in [-0.1, -0.05) is 42.5 Å². The first-order chi connectivity index (χ1) is 10.3. The summed E-state index contributed by atoms with van der Waals surface area (Å²) in [5, 5.41) is 3.51. The molecular formula is C17H18N2O2. The van der Waals surface area contributed by atoms with Gasteiger partial charge in [-0.3, -0.25) is 4.79 Å². The van der Waals surface area contributed by atoms with Crippen molar-refractivity contribution in [2.45, 2.75) is 6.04 Å². The lowest BCUT2D eigenvalue weighted by molar-refractivity contribution is -0.122. The second kappa shape index (κ2) is 5.97. The van der Waals surface area contributed by atoms with Gasteiger partial charge in [0.25, 0.3) is 5.91 Å². The Morgan fingerprint density at radius 3 is 2.67 bits per heavy atom. The molecule has 4 heteroatoms. The predicted molar refractivity (Wildman–Crippen MR) is 83.5 cm³/mol. The van der Waals surface area contributed by atoms with Crippen LogP contribution in [0.5, 0.6) is 0 Å². The van der Waals surface area contributed by atoms with Gasteiger partial charge in [0, 0.05) is 7.11 Å². The fraction of sp³-hybridized carbons (Fsp3) is 0.235. The van der Waals surface area contributed by atoms with Crippen LogP contribution in [0.4, 0.5) is 11.4 Å². The van der Waals surface area contributed by atoms with Crippen LogP contribution in [0.3, 0.4) is 0 Å². The molecule has 21 heavy (non-hydrogen) atoms. The molecule has 0 radical (unpaired) electrons. The lowest BCUT2D eigenvalue weighted by Crippen LogP contribution is -2.42. The van der Waals surface area contributed by atoms with E-state index < -0.39 is 0 Å². The number of hydrogen-bond acceptors (Lipinski definition) is 3. The van der Waals surface area contributed by atoms with Gasteiger partial charge >= 0.3 is 0 Å². The Morgan fingerprint density at radius 1 is 1.19 bits per heavy atom. The number of amides is 1. The Balaban J connectivity index is 1.95. The molecule has 0 bridgehead atoms. The molecule has 1 aliphatic rings. The van der Waals surface area contributed by atoms with E-state index in [4.69, 9.17) is 4.74 Å². The van der Waals surface area contributed by atoms with E-state index in [1.165, 1.54) is 5.56 Å². The molecule has 2 aromatic rings. The van der Waals surface area contributed by atoms with Crippen LogP contribution >= 0.6 is 0 Å². The van der Waals surface area contributed by atoms with Crippen molar-refractivity contribution in [3.8, 4) is 0 Å². The van der Waals surface area contributed by atoms with Gasteiger partial charge in [-0.2, -0.15) is 0 Å². The predicted octanol–water partition coefficient (Wildman–Crippen LogP) is 2.83. The molecule has 0 spiro atoms. The minimum atomic E-state index is -0.0209. The number of rotatable bonds is 3. The van der Waals surface area contributed by atoms with Gasteiger partial charge in [0.05, 0.1) is 24.0 Å². The zero-order valence-electron chi connectivity index (χ0n) is 12.0. The molecular weight excluding hydrogens is 264 g/mol. The number of nitrogens with zero attached hydrogens (tertiary/aromatic N) is 1. The second-order valence-electron chi connectivity index (χ2n) is 5.06. The van der Waals surface area contributed by atoms with E-state index in [1.54, 1.807) is 12.0 Å². The number of carbonyl (C=O) groups excluding carboxylic acids is 1. The summed E-state index contributed by atoms with van der Waals surface area (Å²) >= 11 is 0. The molecule has 1 amide bonds. The third kappa shape index (κ3) is 2.76. The van der Waals surface area contributed by atoms with Crippen LogP contribution in [0, 0.1) is 0 Å². The smallest absolute Gasteiger partial charge is 0.253 e. The highest BCUT2D eigenvalue weighted by atomic mass is 16.5. The van der Waals surface area contributed by atoms with Crippen LogP contribution in [-0.2, 0) is 9.53 Å². The van der Waals surface area contributed by atoms with Gasteiger partial charge in [0.1, 0.15) is 6.61 Å². The lowest BCUT2D eigenvalue weighted by Gasteiger charge is -2.36. The second-order valence-corrected chi connectivity index (χ2v) is 5.06. The van der Waals surface area contributed by atoms with Crippen LogP contribution in [0.15, 0.2) is 54.6 Å². The van der Waals surface area contributed by atoms with Crippen molar-refractivity contribution < 1.29 is 9.53 Å². The Morgan fingerprint density at radius 2 is 1.90 bits per heavy atom. The molecule has 0 aromatic heterocycles. The number of fused-ring (bicyclic) bond motifs is 1. The Bertz CT molecular complexity index is 628. The average Bonchev–Trinajstić information content (AvgIpc) is 2.55. The molecule has 1 N–H and O–H groups in total. The largest absolute Gasteiger partial charge is 0.375 e. The summed E-state index contributed by atoms with van der Waals surface area (Å²) in [7, 11) is 1.54. The van der Waals surface area contributed by atoms with Gasteiger partial charge in [-0.05, 0) is 17.7 Å². The summed E-state index contributed by atoms with van der Waals surface area (Å²) in [5.41, 5.74) is 3.05. The minimum Gasteiger partial charge on any atom is -0.375 e. The van der Waals surface area contributed by atoms with Gasteiger partial charge in [-0.15, -0.1) is 0 Å². The molecule has 4 nitrogen and oxygen atoms in total. The van der Waals surface area contributed by atoms with Crippen molar-refractivity contribution in [1.29, 1.82) is 0 Å². The molecule has 3 rings (SSSR count). The molecule has 0 saturated heterocycles. The minimum absolute atomic E-state index is 0.0209. The lowest BCUT2D eigenvalue weighted by atomic mass is 10.0. The van der Waals surface area contributed by atoms with Crippen LogP contribution in [0.25, 0.3) is 0 Å². The van der Waals surface area contributed by atoms with E-state index >= 15 is 0 Å². The van der Waals surface area contributed by atoms with Crippen LogP contribution in [-0.4, -0.2) is 26.2 Å². The van der Waals surface area contributed by atoms with Gasteiger partial charge in [0.2, 0.25) is 0 Å². The SMILES string of the molecule is COCC(=O)N1CC(c2ccccc2)Nc2ccccc21. The van der Waals surface area contributed by atoms with Crippen LogP contribution in [0.2, 0.25) is 0 Å². The van der Waals surface area contributed by atoms with E-state index in [2.05, 4.69) is 17.4 Å². The monoisotopic (exact) mass is 282 g/mol. The summed E-state index contributed by atoms with van der Waals surface area (Å²) in [6.45, 7) is 0.694. The average molecular weight is 282 g/mol. The summed E-state index contributed by atoms with van der Waals surface area (Å²) in [4.78, 5) is 14.1. The van der Waals surface area contributed by atoms with Crippen molar-refractivity contribution >= 4 is 17.3 Å². The van der Waals surface area contributed by atoms with Crippen LogP contribution < -0.4 is 10.2 Å². The standard InChI is InChI=1S/C17H18N2O2/c1-21-12-17(20)19-11-15(13-7-3-2-4-8-13)18-14-9-5-6-10-16(14)19/h2-10,15,18H,11-12H2,1H3. The zero-order chi connectivity index (χ0) is 14.7. The highest BCUT2D eigenvalue weighted by molar-refractivity contribution is 5.98. The number of anilines is 2. The topological polar surface area (TPSA) is 41.6 Å². The van der Waals surface area contributed by atoms with Crippen molar-refractivity contribution in [3.63, 3.8) is 0 Å². The Labute approximate surface area is 124 Å². The molecule has 1 aliphatic heterocycles. The Kier molecular flexibility index (Phi) is 3.88. The zero-order valence-corrected chi connectivity index (χ0v) is 12.0. The number of ether oxygens (including phenoxy) is 1. The highest BCUT2D eigenvalue weighted by Gasteiger charge is 2.28. The van der Waals surface area contributed by atoms with E-state index in [0.29, 0.717) is 6.54 Å². The van der Waals surface area contributed by atoms with E-state index in [-0.39, 0.29) is 18.6 Å². The molecule has 108 valence electrons. The first-order valence-corrected chi connectivity index (χ1v) is 6.99. The quantitative estimate of drug-likeness (QED) is 0.941. The maximum Gasteiger partial charge on any atom is 0.253 e. The summed E-state index contributed by atoms with van der Waals surface area (Å²) in [6.07, 6.45) is 0. The molecule has 2 aromatic carbocycles. The normalized spacial score (nSPS) is 17.0. The Hall–Kier alpha value is -2.33. The third-order valence-corrected chi connectivity index (χ3v) is 3.66.